The van der Waals surface area contributed by atoms with Gasteiger partial charge in [-0.15, -0.1) is 6.58 Å². The smallest absolute Gasteiger partial charge is 0.154 e. The van der Waals surface area contributed by atoms with Gasteiger partial charge >= 0.3 is 0 Å². The molecule has 120 valence electrons. The molecule has 0 bridgehead atoms. The Morgan fingerprint density at radius 3 is 2.95 bits per heavy atom. The first kappa shape index (κ1) is 18.1. The largest absolute Gasteiger partial charge is 0.359 e. The van der Waals surface area contributed by atoms with Crippen LogP contribution in [0.5, 0.6) is 0 Å². The first-order valence-electron chi connectivity index (χ1n) is 7.81. The Bertz CT molecular complexity index is 512. The van der Waals surface area contributed by atoms with Gasteiger partial charge in [0.2, 0.25) is 0 Å². The SMILES string of the molecule is C=CCCC(=O)CN=CCCN(C)C1=NC(C)=CC/C1=C/C. The number of hydrogen-bond donors (Lipinski definition) is 0. The second-order valence-corrected chi connectivity index (χ2v) is 5.40. The molecule has 0 aliphatic carbocycles. The number of carbonyl (C=O) groups excluding carboxylic acids is 1. The Kier molecular flexibility index (Phi) is 8.11. The minimum absolute atomic E-state index is 0.165. The van der Waals surface area contributed by atoms with E-state index in [1.807, 2.05) is 27.1 Å². The van der Waals surface area contributed by atoms with Crippen molar-refractivity contribution in [1.82, 2.24) is 4.90 Å². The van der Waals surface area contributed by atoms with Crippen LogP contribution in [0.3, 0.4) is 0 Å². The summed E-state index contributed by atoms with van der Waals surface area (Å²) in [6, 6.07) is 0. The first-order chi connectivity index (χ1) is 10.6. The van der Waals surface area contributed by atoms with E-state index in [0.717, 1.165) is 37.3 Å². The second kappa shape index (κ2) is 9.87. The molecule has 0 saturated heterocycles. The van der Waals surface area contributed by atoms with Gasteiger partial charge in [-0.1, -0.05) is 18.2 Å². The van der Waals surface area contributed by atoms with Gasteiger partial charge in [0.15, 0.2) is 5.78 Å². The number of likely N-dealkylation sites (N-methyl/N-ethyl adjacent to an activating group) is 1. The van der Waals surface area contributed by atoms with Crippen molar-refractivity contribution in [2.75, 3.05) is 20.1 Å². The molecule has 0 N–H and O–H groups in total. The molecule has 0 aromatic rings. The van der Waals surface area contributed by atoms with Gasteiger partial charge in [0.05, 0.1) is 6.54 Å². The van der Waals surface area contributed by atoms with Crippen LogP contribution in [0.15, 0.2) is 46.1 Å². The fourth-order valence-electron chi connectivity index (χ4n) is 2.17. The van der Waals surface area contributed by atoms with Gasteiger partial charge < -0.3 is 4.90 Å². The van der Waals surface area contributed by atoms with Crippen LogP contribution in [0.2, 0.25) is 0 Å². The Morgan fingerprint density at radius 2 is 2.27 bits per heavy atom. The van der Waals surface area contributed by atoms with E-state index in [9.17, 15) is 4.79 Å². The maximum atomic E-state index is 11.5. The molecule has 0 spiro atoms. The molecule has 1 rings (SSSR count). The zero-order valence-corrected chi connectivity index (χ0v) is 14.0. The number of ketones is 1. The summed E-state index contributed by atoms with van der Waals surface area (Å²) in [5.41, 5.74) is 2.32. The number of carbonyl (C=O) groups is 1. The zero-order chi connectivity index (χ0) is 16.4. The number of Topliss-reactive ketones (excluding diaryl/α,β-unsaturated/α-hetero) is 1. The molecule has 0 radical (unpaired) electrons. The first-order valence-corrected chi connectivity index (χ1v) is 7.81. The average molecular weight is 301 g/mol. The predicted octanol–water partition coefficient (Wildman–Crippen LogP) is 3.57. The quantitative estimate of drug-likeness (QED) is 0.508. The van der Waals surface area contributed by atoms with E-state index in [0.29, 0.717) is 6.42 Å². The summed E-state index contributed by atoms with van der Waals surface area (Å²) in [5.74, 6) is 1.20. The lowest BCUT2D eigenvalue weighted by atomic mass is 10.1. The van der Waals surface area contributed by atoms with Crippen LogP contribution in [0.1, 0.15) is 39.5 Å². The van der Waals surface area contributed by atoms with Crippen LogP contribution in [0.25, 0.3) is 0 Å². The second-order valence-electron chi connectivity index (χ2n) is 5.40. The van der Waals surface area contributed by atoms with Crippen molar-refractivity contribution in [3.63, 3.8) is 0 Å². The third-order valence-electron chi connectivity index (χ3n) is 3.51. The Morgan fingerprint density at radius 1 is 1.50 bits per heavy atom. The predicted molar refractivity (Wildman–Crippen MR) is 94.6 cm³/mol. The Hall–Kier alpha value is -1.97. The molecule has 0 amide bonds. The van der Waals surface area contributed by atoms with Crippen LogP contribution < -0.4 is 0 Å². The lowest BCUT2D eigenvalue weighted by Crippen LogP contribution is -2.30. The lowest BCUT2D eigenvalue weighted by molar-refractivity contribution is -0.117. The van der Waals surface area contributed by atoms with Gasteiger partial charge in [-0.25, -0.2) is 4.99 Å². The molecule has 0 aromatic heterocycles. The molecule has 4 heteroatoms. The van der Waals surface area contributed by atoms with Crippen LogP contribution in [0, 0.1) is 0 Å². The minimum atomic E-state index is 0.165. The monoisotopic (exact) mass is 301 g/mol. The fraction of sp³-hybridized carbons (Fsp3) is 0.500. The molecule has 0 fully saturated rings. The summed E-state index contributed by atoms with van der Waals surface area (Å²) < 4.78 is 0. The van der Waals surface area contributed by atoms with Gasteiger partial charge in [0.1, 0.15) is 5.84 Å². The molecular formula is C18H27N3O. The summed E-state index contributed by atoms with van der Waals surface area (Å²) in [7, 11) is 2.05. The van der Waals surface area contributed by atoms with E-state index < -0.39 is 0 Å². The summed E-state index contributed by atoms with van der Waals surface area (Å²) in [6.45, 7) is 8.80. The molecule has 1 heterocycles. The van der Waals surface area contributed by atoms with E-state index >= 15 is 0 Å². The van der Waals surface area contributed by atoms with Crippen molar-refractivity contribution in [3.05, 3.63) is 36.1 Å². The highest BCUT2D eigenvalue weighted by Gasteiger charge is 2.14. The third kappa shape index (κ3) is 6.20. The van der Waals surface area contributed by atoms with Crippen molar-refractivity contribution in [3.8, 4) is 0 Å². The molecule has 0 aromatic carbocycles. The summed E-state index contributed by atoms with van der Waals surface area (Å²) in [5, 5.41) is 0. The summed E-state index contributed by atoms with van der Waals surface area (Å²) in [6.07, 6.45) is 10.9. The highest BCUT2D eigenvalue weighted by Crippen LogP contribution is 2.17. The third-order valence-corrected chi connectivity index (χ3v) is 3.51. The van der Waals surface area contributed by atoms with Gasteiger partial charge in [-0.05, 0) is 38.7 Å². The fourth-order valence-corrected chi connectivity index (χ4v) is 2.17. The number of rotatable bonds is 8. The van der Waals surface area contributed by atoms with Crippen molar-refractivity contribution in [2.45, 2.75) is 39.5 Å². The van der Waals surface area contributed by atoms with Gasteiger partial charge in [-0.2, -0.15) is 0 Å². The molecule has 0 saturated carbocycles. The molecular weight excluding hydrogens is 274 g/mol. The van der Waals surface area contributed by atoms with E-state index in [-0.39, 0.29) is 12.3 Å². The van der Waals surface area contributed by atoms with E-state index in [1.54, 1.807) is 6.08 Å². The molecule has 22 heavy (non-hydrogen) atoms. The minimum Gasteiger partial charge on any atom is -0.359 e. The summed E-state index contributed by atoms with van der Waals surface area (Å²) >= 11 is 0. The van der Waals surface area contributed by atoms with Crippen molar-refractivity contribution in [2.24, 2.45) is 9.98 Å². The van der Waals surface area contributed by atoms with E-state index in [2.05, 4.69) is 33.6 Å². The molecule has 1 aliphatic rings. The molecule has 0 atom stereocenters. The van der Waals surface area contributed by atoms with Gasteiger partial charge in [0, 0.05) is 31.9 Å². The van der Waals surface area contributed by atoms with Crippen LogP contribution in [-0.4, -0.2) is 42.9 Å². The van der Waals surface area contributed by atoms with Crippen LogP contribution in [-0.2, 0) is 4.79 Å². The standard InChI is InChI=1S/C18H27N3O/c1-5-7-9-17(22)14-19-12-8-13-21(4)18-16(6-2)11-10-15(3)20-18/h5-6,10,12H,1,7-9,11,13-14H2,2-4H3/b16-6-,19-12?. The van der Waals surface area contributed by atoms with Crippen molar-refractivity contribution < 1.29 is 4.79 Å². The Balaban J connectivity index is 2.39. The molecule has 1 aliphatic heterocycles. The maximum Gasteiger partial charge on any atom is 0.154 e. The van der Waals surface area contributed by atoms with Gasteiger partial charge in [0.25, 0.3) is 0 Å². The number of amidine groups is 1. The molecule has 0 unspecified atom stereocenters. The van der Waals surface area contributed by atoms with Crippen molar-refractivity contribution >= 4 is 17.8 Å². The van der Waals surface area contributed by atoms with Crippen LogP contribution >= 0.6 is 0 Å². The number of aliphatic imine (C=N–C) groups is 2. The number of allylic oxidation sites excluding steroid dienone is 4. The van der Waals surface area contributed by atoms with Crippen molar-refractivity contribution in [1.29, 1.82) is 0 Å². The summed E-state index contributed by atoms with van der Waals surface area (Å²) in [4.78, 5) is 22.4. The maximum absolute atomic E-state index is 11.5. The highest BCUT2D eigenvalue weighted by molar-refractivity contribution is 5.99. The normalized spacial score (nSPS) is 16.6. The number of hydrogen-bond acceptors (Lipinski definition) is 4. The topological polar surface area (TPSA) is 45.0 Å². The zero-order valence-electron chi connectivity index (χ0n) is 14.0. The average Bonchev–Trinajstić information content (AvgIpc) is 2.52. The van der Waals surface area contributed by atoms with Gasteiger partial charge in [-0.3, -0.25) is 9.79 Å². The van der Waals surface area contributed by atoms with E-state index in [1.165, 1.54) is 5.57 Å². The van der Waals surface area contributed by atoms with Crippen LogP contribution in [0.4, 0.5) is 0 Å². The highest BCUT2D eigenvalue weighted by atomic mass is 16.1. The van der Waals surface area contributed by atoms with E-state index in [4.69, 9.17) is 0 Å². The Labute approximate surface area is 134 Å². The number of nitrogens with zero attached hydrogens (tertiary/aromatic N) is 3. The lowest BCUT2D eigenvalue weighted by Gasteiger charge is -2.24. The molecule has 4 nitrogen and oxygen atoms in total.